The van der Waals surface area contributed by atoms with Gasteiger partial charge in [-0.2, -0.15) is 0 Å². The van der Waals surface area contributed by atoms with E-state index in [1.807, 2.05) is 26.2 Å². The first-order valence-electron chi connectivity index (χ1n) is 7.13. The van der Waals surface area contributed by atoms with Crippen LogP contribution in [0.5, 0.6) is 0 Å². The molecule has 0 N–H and O–H groups in total. The largest absolute Gasteiger partial charge is 0.449 e. The highest BCUT2D eigenvalue weighted by molar-refractivity contribution is 6.96. The first-order valence-corrected chi connectivity index (χ1v) is 12.9. The van der Waals surface area contributed by atoms with Crippen molar-refractivity contribution in [3.63, 3.8) is 0 Å². The number of halogens is 4. The maximum absolute atomic E-state index is 13.5. The normalized spacial score (nSPS) is 12.5. The van der Waals surface area contributed by atoms with Crippen LogP contribution in [-0.4, -0.2) is 16.6 Å². The van der Waals surface area contributed by atoms with Gasteiger partial charge >= 0.3 is 0 Å². The topological polar surface area (TPSA) is 9.23 Å². The molecule has 0 saturated carbocycles. The molecule has 0 saturated heterocycles. The van der Waals surface area contributed by atoms with Crippen LogP contribution in [0.15, 0.2) is 36.4 Å². The second-order valence-corrected chi connectivity index (χ2v) is 14.5. The zero-order valence-corrected chi connectivity index (χ0v) is 15.4. The van der Waals surface area contributed by atoms with E-state index in [-0.39, 0.29) is 0 Å². The van der Waals surface area contributed by atoms with Crippen molar-refractivity contribution in [3.05, 3.63) is 59.7 Å². The van der Waals surface area contributed by atoms with E-state index < -0.39 is 39.9 Å². The van der Waals surface area contributed by atoms with Crippen molar-refractivity contribution in [1.82, 2.24) is 0 Å². The summed E-state index contributed by atoms with van der Waals surface area (Å²) in [5, 5.41) is 0.930. The molecule has 0 bridgehead atoms. The summed E-state index contributed by atoms with van der Waals surface area (Å²) in [7, 11) is -5.32. The van der Waals surface area contributed by atoms with Crippen molar-refractivity contribution in [1.29, 1.82) is 0 Å². The zero-order valence-electron chi connectivity index (χ0n) is 13.4. The number of hydrogen-bond acceptors (Lipinski definition) is 1. The standard InChI is InChI=1S/C16H18F4OSi2/c1-22(2,15-7-11(17)5-12(18)8-15)21-23(3,4)16-9-13(19)6-14(20)10-16/h5-10H,1-4H3. The Balaban J connectivity index is 2.37. The van der Waals surface area contributed by atoms with Gasteiger partial charge in [-0.05, 0) is 60.8 Å². The van der Waals surface area contributed by atoms with E-state index in [1.54, 1.807) is 0 Å². The van der Waals surface area contributed by atoms with Gasteiger partial charge in [0, 0.05) is 12.1 Å². The summed E-state index contributed by atoms with van der Waals surface area (Å²) in [6.07, 6.45) is 0. The molecule has 2 rings (SSSR count). The monoisotopic (exact) mass is 358 g/mol. The summed E-state index contributed by atoms with van der Waals surface area (Å²) in [5.74, 6) is -2.67. The van der Waals surface area contributed by atoms with Gasteiger partial charge in [-0.3, -0.25) is 0 Å². The van der Waals surface area contributed by atoms with Gasteiger partial charge in [0.15, 0.2) is 0 Å². The highest BCUT2D eigenvalue weighted by Crippen LogP contribution is 2.17. The van der Waals surface area contributed by atoms with Gasteiger partial charge in [-0.1, -0.05) is 0 Å². The average Bonchev–Trinajstić information content (AvgIpc) is 2.35. The van der Waals surface area contributed by atoms with Crippen LogP contribution in [0.1, 0.15) is 0 Å². The molecular formula is C16H18F4OSi2. The fourth-order valence-corrected chi connectivity index (χ4v) is 10.5. The van der Waals surface area contributed by atoms with Gasteiger partial charge in [0.2, 0.25) is 16.6 Å². The van der Waals surface area contributed by atoms with Gasteiger partial charge < -0.3 is 4.12 Å². The highest BCUT2D eigenvalue weighted by Gasteiger charge is 2.37. The second-order valence-electron chi connectivity index (χ2n) is 6.44. The molecule has 23 heavy (non-hydrogen) atoms. The lowest BCUT2D eigenvalue weighted by molar-refractivity contribution is 0.561. The zero-order chi connectivity index (χ0) is 17.4. The molecule has 0 spiro atoms. The van der Waals surface area contributed by atoms with E-state index in [2.05, 4.69) is 0 Å². The molecule has 0 aromatic heterocycles. The Hall–Kier alpha value is -1.45. The van der Waals surface area contributed by atoms with Crippen LogP contribution >= 0.6 is 0 Å². The van der Waals surface area contributed by atoms with E-state index in [0.29, 0.717) is 10.4 Å². The lowest BCUT2D eigenvalue weighted by atomic mass is 10.3. The molecule has 124 valence electrons. The Morgan fingerprint density at radius 1 is 0.565 bits per heavy atom. The maximum atomic E-state index is 13.5. The van der Waals surface area contributed by atoms with Crippen LogP contribution in [0.3, 0.4) is 0 Å². The molecule has 2 aromatic carbocycles. The molecule has 2 aromatic rings. The molecule has 0 unspecified atom stereocenters. The average molecular weight is 358 g/mol. The maximum Gasteiger partial charge on any atom is 0.206 e. The van der Waals surface area contributed by atoms with E-state index in [9.17, 15) is 17.6 Å². The Labute approximate surface area is 135 Å². The number of rotatable bonds is 4. The first kappa shape index (κ1) is 17.9. The third-order valence-electron chi connectivity index (χ3n) is 3.63. The van der Waals surface area contributed by atoms with Crippen LogP contribution in [0, 0.1) is 23.3 Å². The third-order valence-corrected chi connectivity index (χ3v) is 11.1. The predicted molar refractivity (Wildman–Crippen MR) is 88.0 cm³/mol. The summed E-state index contributed by atoms with van der Waals surface area (Å²) < 4.78 is 60.1. The molecule has 0 aliphatic carbocycles. The molecule has 0 aliphatic rings. The first-order chi connectivity index (χ1) is 10.5. The Kier molecular flexibility index (Phi) is 4.84. The Morgan fingerprint density at radius 2 is 0.826 bits per heavy atom. The van der Waals surface area contributed by atoms with Gasteiger partial charge in [-0.25, -0.2) is 17.6 Å². The van der Waals surface area contributed by atoms with Gasteiger partial charge in [0.05, 0.1) is 0 Å². The van der Waals surface area contributed by atoms with Crippen molar-refractivity contribution in [3.8, 4) is 0 Å². The van der Waals surface area contributed by atoms with Crippen molar-refractivity contribution in [2.45, 2.75) is 26.2 Å². The van der Waals surface area contributed by atoms with Gasteiger partial charge in [0.1, 0.15) is 23.3 Å². The third kappa shape index (κ3) is 4.30. The predicted octanol–water partition coefficient (Wildman–Crippen LogP) is 3.78. The van der Waals surface area contributed by atoms with Gasteiger partial charge in [-0.15, -0.1) is 0 Å². The van der Waals surface area contributed by atoms with Crippen LogP contribution in [0.25, 0.3) is 0 Å². The minimum Gasteiger partial charge on any atom is -0.449 e. The van der Waals surface area contributed by atoms with E-state index >= 15 is 0 Å². The second kappa shape index (κ2) is 6.22. The Bertz CT molecular complexity index is 630. The smallest absolute Gasteiger partial charge is 0.206 e. The quantitative estimate of drug-likeness (QED) is 0.597. The van der Waals surface area contributed by atoms with Crippen molar-refractivity contribution in [2.75, 3.05) is 0 Å². The van der Waals surface area contributed by atoms with Crippen LogP contribution in [0.4, 0.5) is 17.6 Å². The lowest BCUT2D eigenvalue weighted by Gasteiger charge is -2.34. The van der Waals surface area contributed by atoms with E-state index in [0.717, 1.165) is 12.1 Å². The Morgan fingerprint density at radius 3 is 1.09 bits per heavy atom. The van der Waals surface area contributed by atoms with Crippen LogP contribution < -0.4 is 10.4 Å². The molecule has 0 radical (unpaired) electrons. The van der Waals surface area contributed by atoms with Crippen molar-refractivity contribution in [2.24, 2.45) is 0 Å². The SMILES string of the molecule is C[Si](C)(O[Si](C)(C)c1cc(F)cc(F)c1)c1cc(F)cc(F)c1. The fourth-order valence-electron chi connectivity index (χ4n) is 2.56. The van der Waals surface area contributed by atoms with Crippen LogP contribution in [-0.2, 0) is 4.12 Å². The molecule has 0 amide bonds. The lowest BCUT2D eigenvalue weighted by Crippen LogP contribution is -2.58. The molecule has 0 aliphatic heterocycles. The van der Waals surface area contributed by atoms with Crippen molar-refractivity contribution >= 4 is 27.0 Å². The van der Waals surface area contributed by atoms with Crippen LogP contribution in [0.2, 0.25) is 26.2 Å². The van der Waals surface area contributed by atoms with E-state index in [1.165, 1.54) is 24.3 Å². The minimum atomic E-state index is -2.66. The molecule has 0 fully saturated rings. The summed E-state index contributed by atoms with van der Waals surface area (Å²) in [5.41, 5.74) is 0. The fraction of sp³-hybridized carbons (Fsp3) is 0.250. The van der Waals surface area contributed by atoms with Gasteiger partial charge in [0.25, 0.3) is 0 Å². The summed E-state index contributed by atoms with van der Waals surface area (Å²) in [6.45, 7) is 7.24. The highest BCUT2D eigenvalue weighted by atomic mass is 28.4. The minimum absolute atomic E-state index is 0.465. The van der Waals surface area contributed by atoms with E-state index in [4.69, 9.17) is 4.12 Å². The summed E-state index contributed by atoms with van der Waals surface area (Å²) in [4.78, 5) is 0. The summed E-state index contributed by atoms with van der Waals surface area (Å²) in [6, 6.07) is 6.63. The molecule has 0 heterocycles. The molecule has 7 heteroatoms. The molecule has 0 atom stereocenters. The molecule has 1 nitrogen and oxygen atoms in total. The summed E-state index contributed by atoms with van der Waals surface area (Å²) >= 11 is 0. The van der Waals surface area contributed by atoms with Crippen molar-refractivity contribution < 1.29 is 21.7 Å². The number of hydrogen-bond donors (Lipinski definition) is 0. The molecular weight excluding hydrogens is 340 g/mol. The number of benzene rings is 2.